The Morgan fingerprint density at radius 1 is 0.587 bits per heavy atom. The fourth-order valence-corrected chi connectivity index (χ4v) is 11.5. The Labute approximate surface area is 425 Å². The van der Waals surface area contributed by atoms with Gasteiger partial charge in [0.05, 0.1) is 94.8 Å². The molecule has 3 atom stereocenters. The Hall–Kier alpha value is -9.24. The van der Waals surface area contributed by atoms with Crippen LogP contribution in [0, 0.1) is 51.7 Å². The number of H-pyrrole nitrogens is 7. The minimum Gasteiger partial charge on any atom is -0.506 e. The third kappa shape index (κ3) is 9.99. The van der Waals surface area contributed by atoms with Gasteiger partial charge in [0.2, 0.25) is 0 Å². The summed E-state index contributed by atoms with van der Waals surface area (Å²) in [6, 6.07) is 9.84. The molecule has 3 fully saturated rings. The van der Waals surface area contributed by atoms with Crippen molar-refractivity contribution in [2.75, 3.05) is 0 Å². The molecule has 0 radical (unpaired) electrons. The van der Waals surface area contributed by atoms with Crippen molar-refractivity contribution >= 4 is 33.1 Å². The Morgan fingerprint density at radius 2 is 1.07 bits per heavy atom. The number of rotatable bonds is 12. The number of hydrogen-bond donors (Lipinski definition) is 9. The molecule has 0 bridgehead atoms. The van der Waals surface area contributed by atoms with E-state index in [2.05, 4.69) is 78.4 Å². The topological polar surface area (TPSA) is 370 Å². The summed E-state index contributed by atoms with van der Waals surface area (Å²) in [7, 11) is 0. The Balaban J connectivity index is 0.000000128. The van der Waals surface area contributed by atoms with E-state index in [1.165, 1.54) is 37.8 Å². The molecule has 3 aliphatic carbocycles. The first kappa shape index (κ1) is 49.3. The molecule has 0 aromatic carbocycles. The van der Waals surface area contributed by atoms with Crippen molar-refractivity contribution in [2.24, 2.45) is 17.8 Å². The van der Waals surface area contributed by atoms with Gasteiger partial charge < -0.3 is 30.1 Å². The first-order valence-electron chi connectivity index (χ1n) is 25.2. The highest BCUT2D eigenvalue weighted by atomic mass is 16.3. The fourth-order valence-electron chi connectivity index (χ4n) is 11.5. The summed E-state index contributed by atoms with van der Waals surface area (Å²) in [5, 5.41) is 57.5. The molecule has 9 aromatic heterocycles. The standard InChI is InChI=1S/3C17H18N6O2/c18-7-5-13(10-3-1-2-4-10)23-9-12(16(24)22-23)14-11-6-8-19-15(11)21-17(25)20-14;18-6-5-12(10-3-1-2-4-10)23-8-11(17(25)22-23)15-14-13(24)7-19-16(14)21-9-20-15;18-6-5-13(10-3-1-2-4-10)23-8-12(17(25)22-23)15-11-7-14(24)21-16(11)20-9-19-15/h6,8-10,13H,1-5H2,(H,22,24)(H2,19,20,21,25);7-10,12,24H,1-5H2,(H,22,25)(H,19,20,21);7-10,13,24H,1-5H2,(H,22,25)(H,19,20,21). The molecular weight excluding hydrogens is 961 g/mol. The predicted octanol–water partition coefficient (Wildman–Crippen LogP) is 6.98. The van der Waals surface area contributed by atoms with Gasteiger partial charge >= 0.3 is 5.69 Å². The molecule has 75 heavy (non-hydrogen) atoms. The van der Waals surface area contributed by atoms with Crippen LogP contribution in [0.2, 0.25) is 0 Å². The quantitative estimate of drug-likeness (QED) is 0.0596. The van der Waals surface area contributed by atoms with Crippen molar-refractivity contribution in [3.63, 3.8) is 0 Å². The first-order valence-corrected chi connectivity index (χ1v) is 25.2. The number of nitrogens with zero attached hydrogens (tertiary/aromatic N) is 11. The average molecular weight is 1020 g/mol. The second-order valence-corrected chi connectivity index (χ2v) is 19.5. The van der Waals surface area contributed by atoms with Crippen LogP contribution >= 0.6 is 0 Å². The second kappa shape index (κ2) is 21.5. The van der Waals surface area contributed by atoms with E-state index in [0.29, 0.717) is 104 Å². The molecular formula is C51H54N18O6. The predicted molar refractivity (Wildman–Crippen MR) is 274 cm³/mol. The highest BCUT2D eigenvalue weighted by molar-refractivity contribution is 5.95. The maximum atomic E-state index is 12.5. The second-order valence-electron chi connectivity index (χ2n) is 19.5. The third-order valence-corrected chi connectivity index (χ3v) is 15.1. The highest BCUT2D eigenvalue weighted by Crippen LogP contribution is 2.39. The van der Waals surface area contributed by atoms with Crippen molar-refractivity contribution in [1.29, 1.82) is 15.8 Å². The molecule has 3 unspecified atom stereocenters. The van der Waals surface area contributed by atoms with Gasteiger partial charge in [-0.25, -0.2) is 24.7 Å². The molecule has 24 nitrogen and oxygen atoms in total. The summed E-state index contributed by atoms with van der Waals surface area (Å²) in [6.07, 6.45) is 25.4. The number of nitriles is 3. The SMILES string of the molecule is N#CCC(C1CCCC1)n1cc(-c2[nH]c(=O)nc3[nH]ccc23)c(=O)[nH]1.N#CCC(C1CCCC1)n1cc(-c2ncnc3[nH]c(O)cc23)c(=O)[nH]1.N#CCC(C1CCCC1)n1cc(-c2ncnc3[nH]cc(O)c23)c(=O)[nH]1. The fraction of sp³-hybridized carbons (Fsp3) is 0.412. The van der Waals surface area contributed by atoms with E-state index < -0.39 is 5.69 Å². The Bertz CT molecular complexity index is 3850. The van der Waals surface area contributed by atoms with Crippen LogP contribution in [0.3, 0.4) is 0 Å². The molecule has 9 heterocycles. The number of aromatic nitrogens is 15. The lowest BCUT2D eigenvalue weighted by molar-refractivity contribution is 0.313. The number of aromatic amines is 7. The van der Waals surface area contributed by atoms with Crippen LogP contribution in [0.4, 0.5) is 0 Å². The zero-order valence-electron chi connectivity index (χ0n) is 40.7. The summed E-state index contributed by atoms with van der Waals surface area (Å²) >= 11 is 0. The van der Waals surface area contributed by atoms with Crippen LogP contribution < -0.4 is 22.4 Å². The Morgan fingerprint density at radius 3 is 1.60 bits per heavy atom. The third-order valence-electron chi connectivity index (χ3n) is 15.1. The molecule has 3 saturated carbocycles. The van der Waals surface area contributed by atoms with Crippen LogP contribution in [0.25, 0.3) is 66.9 Å². The van der Waals surface area contributed by atoms with Gasteiger partial charge in [0.25, 0.3) is 16.7 Å². The van der Waals surface area contributed by atoms with Crippen molar-refractivity contribution < 1.29 is 10.2 Å². The molecule has 9 aromatic rings. The highest BCUT2D eigenvalue weighted by Gasteiger charge is 2.31. The van der Waals surface area contributed by atoms with Crippen molar-refractivity contribution in [3.8, 4) is 63.6 Å². The normalized spacial score (nSPS) is 16.3. The zero-order valence-corrected chi connectivity index (χ0v) is 40.7. The molecule has 9 N–H and O–H groups in total. The molecule has 0 aliphatic heterocycles. The number of fused-ring (bicyclic) bond motifs is 3. The van der Waals surface area contributed by atoms with Crippen molar-refractivity contribution in [2.45, 2.75) is 114 Å². The van der Waals surface area contributed by atoms with Crippen molar-refractivity contribution in [1.82, 2.24) is 74.2 Å². The van der Waals surface area contributed by atoms with Gasteiger partial charge in [0.1, 0.15) is 35.3 Å². The van der Waals surface area contributed by atoms with E-state index in [4.69, 9.17) is 0 Å². The average Bonchev–Trinajstić information content (AvgIpc) is 4.25. The monoisotopic (exact) mass is 1010 g/mol. The lowest BCUT2D eigenvalue weighted by Crippen LogP contribution is -2.19. The van der Waals surface area contributed by atoms with Gasteiger partial charge in [0.15, 0.2) is 5.88 Å². The van der Waals surface area contributed by atoms with E-state index in [0.717, 1.165) is 64.2 Å². The maximum Gasteiger partial charge on any atom is 0.347 e. The minimum absolute atomic E-state index is 0.00196. The van der Waals surface area contributed by atoms with Gasteiger partial charge in [-0.2, -0.15) is 20.8 Å². The van der Waals surface area contributed by atoms with Crippen LogP contribution in [-0.2, 0) is 0 Å². The van der Waals surface area contributed by atoms with Crippen LogP contribution in [-0.4, -0.2) is 84.4 Å². The molecule has 384 valence electrons. The van der Waals surface area contributed by atoms with Crippen molar-refractivity contribution in [3.05, 3.63) is 97.3 Å². The van der Waals surface area contributed by atoms with Gasteiger partial charge in [-0.1, -0.05) is 38.5 Å². The summed E-state index contributed by atoms with van der Waals surface area (Å²) in [5.41, 5.74) is 2.47. The summed E-state index contributed by atoms with van der Waals surface area (Å²) < 4.78 is 5.25. The summed E-state index contributed by atoms with van der Waals surface area (Å²) in [5.74, 6) is 1.15. The molecule has 3 aliphatic rings. The molecule has 12 rings (SSSR count). The molecule has 0 spiro atoms. The Kier molecular flexibility index (Phi) is 14.1. The number of aromatic hydroxyl groups is 2. The summed E-state index contributed by atoms with van der Waals surface area (Å²) in [4.78, 5) is 80.9. The van der Waals surface area contributed by atoms with Crippen LogP contribution in [0.1, 0.15) is 114 Å². The first-order chi connectivity index (χ1) is 36.5. The zero-order chi connectivity index (χ0) is 52.2. The maximum absolute atomic E-state index is 12.5. The van der Waals surface area contributed by atoms with Gasteiger partial charge in [0, 0.05) is 47.8 Å². The van der Waals surface area contributed by atoms with Gasteiger partial charge in [-0.05, 0) is 62.3 Å². The summed E-state index contributed by atoms with van der Waals surface area (Å²) in [6.45, 7) is 0. The minimum atomic E-state index is -0.513. The smallest absolute Gasteiger partial charge is 0.347 e. The van der Waals surface area contributed by atoms with E-state index in [9.17, 15) is 45.2 Å². The number of nitrogens with one attached hydrogen (secondary N) is 7. The molecule has 0 saturated heterocycles. The van der Waals surface area contributed by atoms with E-state index >= 15 is 0 Å². The lowest BCUT2D eigenvalue weighted by atomic mass is 9.96. The van der Waals surface area contributed by atoms with E-state index in [-0.39, 0.29) is 46.4 Å². The molecule has 24 heteroatoms. The lowest BCUT2D eigenvalue weighted by Gasteiger charge is -2.21. The van der Waals surface area contributed by atoms with E-state index in [1.54, 1.807) is 44.9 Å². The largest absolute Gasteiger partial charge is 0.506 e. The van der Waals surface area contributed by atoms with E-state index in [1.807, 2.05) is 0 Å². The van der Waals surface area contributed by atoms with Gasteiger partial charge in [-0.3, -0.25) is 43.7 Å². The van der Waals surface area contributed by atoms with Crippen LogP contribution in [0.15, 0.2) is 74.9 Å². The van der Waals surface area contributed by atoms with Gasteiger partial charge in [-0.15, -0.1) is 0 Å². The number of hydrogen-bond acceptors (Lipinski definition) is 14. The van der Waals surface area contributed by atoms with Crippen LogP contribution in [0.5, 0.6) is 11.6 Å². The molecule has 0 amide bonds.